The molecule has 0 bridgehead atoms. The summed E-state index contributed by atoms with van der Waals surface area (Å²) in [7, 11) is 2.42. The van der Waals surface area contributed by atoms with Crippen molar-refractivity contribution in [2.24, 2.45) is 0 Å². The first-order chi connectivity index (χ1) is 3.41. The Morgan fingerprint density at radius 1 is 1.71 bits per heavy atom. The van der Waals surface area contributed by atoms with E-state index in [9.17, 15) is 0 Å². The third-order valence-corrected chi connectivity index (χ3v) is 1.20. The molecular formula is C3H9INOP. The van der Waals surface area contributed by atoms with E-state index < -0.39 is 0 Å². The van der Waals surface area contributed by atoms with Crippen molar-refractivity contribution in [1.29, 1.82) is 0 Å². The number of rotatable bonds is 4. The number of alkyl halides is 1. The molecule has 0 aromatic rings. The standard InChI is InChI=1S/C3H9INOP/c4-3-6-2-1-5-7/h5H,1-3,7H2. The average Bonchev–Trinajstić information content (AvgIpc) is 1.69. The minimum Gasteiger partial charge on any atom is -0.370 e. The fraction of sp³-hybridized carbons (Fsp3) is 1.00. The summed E-state index contributed by atoms with van der Waals surface area (Å²) in [6, 6.07) is 0. The number of halogens is 1. The molecule has 0 aliphatic heterocycles. The third kappa shape index (κ3) is 7.08. The van der Waals surface area contributed by atoms with Gasteiger partial charge in [0.25, 0.3) is 0 Å². The van der Waals surface area contributed by atoms with Crippen LogP contribution in [0.15, 0.2) is 0 Å². The van der Waals surface area contributed by atoms with Crippen molar-refractivity contribution in [3.8, 4) is 0 Å². The highest BCUT2D eigenvalue weighted by Gasteiger charge is 1.78. The molecule has 4 heteroatoms. The van der Waals surface area contributed by atoms with Crippen molar-refractivity contribution in [2.45, 2.75) is 0 Å². The zero-order valence-electron chi connectivity index (χ0n) is 3.98. The summed E-state index contributed by atoms with van der Waals surface area (Å²) in [5, 5.41) is 2.89. The normalized spacial score (nSPS) is 9.43. The molecule has 44 valence electrons. The molecule has 0 radical (unpaired) electrons. The summed E-state index contributed by atoms with van der Waals surface area (Å²) in [5.74, 6) is 0. The summed E-state index contributed by atoms with van der Waals surface area (Å²) in [6.07, 6.45) is 0. The van der Waals surface area contributed by atoms with Gasteiger partial charge in [-0.05, 0) is 0 Å². The van der Waals surface area contributed by atoms with Gasteiger partial charge < -0.3 is 4.74 Å². The lowest BCUT2D eigenvalue weighted by Crippen LogP contribution is -2.07. The second-order valence-electron chi connectivity index (χ2n) is 0.971. The molecule has 0 aliphatic carbocycles. The Labute approximate surface area is 59.8 Å². The maximum Gasteiger partial charge on any atom is 0.0979 e. The van der Waals surface area contributed by atoms with Gasteiger partial charge >= 0.3 is 0 Å². The molecule has 1 atom stereocenters. The van der Waals surface area contributed by atoms with E-state index in [1.54, 1.807) is 0 Å². The molecule has 0 rings (SSSR count). The maximum absolute atomic E-state index is 4.98. The van der Waals surface area contributed by atoms with Crippen LogP contribution >= 0.6 is 32.0 Å². The van der Waals surface area contributed by atoms with Crippen LogP contribution in [0.2, 0.25) is 0 Å². The summed E-state index contributed by atoms with van der Waals surface area (Å²) >= 11 is 2.17. The van der Waals surface area contributed by atoms with Gasteiger partial charge in [0.15, 0.2) is 0 Å². The molecule has 0 saturated carbocycles. The highest BCUT2D eigenvalue weighted by Crippen LogP contribution is 1.81. The smallest absolute Gasteiger partial charge is 0.0979 e. The first-order valence-corrected chi connectivity index (χ1v) is 4.09. The lowest BCUT2D eigenvalue weighted by Gasteiger charge is -1.95. The van der Waals surface area contributed by atoms with Crippen molar-refractivity contribution in [3.63, 3.8) is 0 Å². The minimum atomic E-state index is 0.782. The molecule has 0 aromatic heterocycles. The van der Waals surface area contributed by atoms with E-state index in [2.05, 4.69) is 37.1 Å². The molecule has 7 heavy (non-hydrogen) atoms. The molecule has 0 amide bonds. The lowest BCUT2D eigenvalue weighted by atomic mass is 10.7. The van der Waals surface area contributed by atoms with Crippen molar-refractivity contribution in [1.82, 2.24) is 5.09 Å². The maximum atomic E-state index is 4.98. The van der Waals surface area contributed by atoms with E-state index in [4.69, 9.17) is 4.74 Å². The predicted molar refractivity (Wildman–Crippen MR) is 42.6 cm³/mol. The van der Waals surface area contributed by atoms with Gasteiger partial charge in [-0.3, -0.25) is 5.09 Å². The van der Waals surface area contributed by atoms with Crippen LogP contribution in [0.5, 0.6) is 0 Å². The quantitative estimate of drug-likeness (QED) is 0.335. The van der Waals surface area contributed by atoms with E-state index in [0.29, 0.717) is 0 Å². The third-order valence-electron chi connectivity index (χ3n) is 0.468. The molecule has 0 aliphatic rings. The molecule has 0 fully saturated rings. The van der Waals surface area contributed by atoms with Gasteiger partial charge in [-0.15, -0.1) is 0 Å². The fourth-order valence-corrected chi connectivity index (χ4v) is 0.615. The average molecular weight is 233 g/mol. The van der Waals surface area contributed by atoms with E-state index in [1.807, 2.05) is 0 Å². The van der Waals surface area contributed by atoms with Gasteiger partial charge in [-0.2, -0.15) is 0 Å². The van der Waals surface area contributed by atoms with Crippen LogP contribution < -0.4 is 5.09 Å². The second kappa shape index (κ2) is 7.08. The molecule has 0 spiro atoms. The van der Waals surface area contributed by atoms with Crippen LogP contribution in [0, 0.1) is 0 Å². The molecule has 1 unspecified atom stereocenters. The van der Waals surface area contributed by atoms with Crippen LogP contribution in [0.25, 0.3) is 0 Å². The zero-order valence-corrected chi connectivity index (χ0v) is 7.30. The SMILES string of the molecule is PNCCOCI. The first-order valence-electron chi connectivity index (χ1n) is 1.99. The highest BCUT2D eigenvalue weighted by molar-refractivity contribution is 14.1. The Kier molecular flexibility index (Phi) is 8.17. The van der Waals surface area contributed by atoms with Crippen LogP contribution in [0.4, 0.5) is 0 Å². The molecule has 2 nitrogen and oxygen atoms in total. The Bertz CT molecular complexity index is 34.1. The van der Waals surface area contributed by atoms with Crippen LogP contribution in [-0.2, 0) is 4.74 Å². The topological polar surface area (TPSA) is 21.3 Å². The highest BCUT2D eigenvalue weighted by atomic mass is 127. The van der Waals surface area contributed by atoms with Crippen molar-refractivity contribution >= 4 is 32.0 Å². The van der Waals surface area contributed by atoms with Gasteiger partial charge in [0.05, 0.1) is 11.2 Å². The zero-order chi connectivity index (χ0) is 5.54. The van der Waals surface area contributed by atoms with Gasteiger partial charge in [0.1, 0.15) is 0 Å². The summed E-state index contributed by atoms with van der Waals surface area (Å²) < 4.78 is 5.77. The van der Waals surface area contributed by atoms with E-state index in [-0.39, 0.29) is 0 Å². The van der Waals surface area contributed by atoms with Crippen molar-refractivity contribution in [2.75, 3.05) is 17.8 Å². The number of hydrogen-bond donors (Lipinski definition) is 1. The van der Waals surface area contributed by atoms with Gasteiger partial charge in [0, 0.05) is 6.54 Å². The second-order valence-corrected chi connectivity index (χ2v) is 2.00. The van der Waals surface area contributed by atoms with Crippen molar-refractivity contribution < 1.29 is 4.74 Å². The summed E-state index contributed by atoms with van der Waals surface area (Å²) in [5.41, 5.74) is 0. The number of ether oxygens (including phenoxy) is 1. The Hall–Kier alpha value is 1.08. The fourth-order valence-electron chi connectivity index (χ4n) is 0.186. The van der Waals surface area contributed by atoms with Crippen LogP contribution in [-0.4, -0.2) is 17.8 Å². The minimum absolute atomic E-state index is 0.782. The van der Waals surface area contributed by atoms with Crippen LogP contribution in [0.3, 0.4) is 0 Å². The molecule has 0 heterocycles. The number of nitrogens with one attached hydrogen (secondary N) is 1. The Morgan fingerprint density at radius 3 is 2.86 bits per heavy atom. The summed E-state index contributed by atoms with van der Waals surface area (Å²) in [4.78, 5) is 0. The van der Waals surface area contributed by atoms with E-state index in [0.717, 1.165) is 17.8 Å². The van der Waals surface area contributed by atoms with Gasteiger partial charge in [0.2, 0.25) is 0 Å². The van der Waals surface area contributed by atoms with Gasteiger partial charge in [-0.25, -0.2) is 0 Å². The Balaban J connectivity index is 2.45. The molecular weight excluding hydrogens is 224 g/mol. The summed E-state index contributed by atoms with van der Waals surface area (Å²) in [6.45, 7) is 1.71. The van der Waals surface area contributed by atoms with Gasteiger partial charge in [-0.1, -0.05) is 32.0 Å². The van der Waals surface area contributed by atoms with Crippen LogP contribution in [0.1, 0.15) is 0 Å². The first kappa shape index (κ1) is 8.08. The Morgan fingerprint density at radius 2 is 2.43 bits per heavy atom. The van der Waals surface area contributed by atoms with E-state index in [1.165, 1.54) is 0 Å². The monoisotopic (exact) mass is 233 g/mol. The molecule has 0 aromatic carbocycles. The number of hydrogen-bond acceptors (Lipinski definition) is 2. The largest absolute Gasteiger partial charge is 0.370 e. The predicted octanol–water partition coefficient (Wildman–Crippen LogP) is 0.775. The van der Waals surface area contributed by atoms with Crippen molar-refractivity contribution in [3.05, 3.63) is 0 Å². The molecule has 1 N–H and O–H groups in total. The molecule has 0 saturated heterocycles. The lowest BCUT2D eigenvalue weighted by molar-refractivity contribution is 0.197. The van der Waals surface area contributed by atoms with E-state index >= 15 is 0 Å².